The predicted molar refractivity (Wildman–Crippen MR) is 87.5 cm³/mol. The molecule has 3 aromatic carbocycles. The molecule has 0 radical (unpaired) electrons. The first-order valence-electron chi connectivity index (χ1n) is 7.19. The Hall–Kier alpha value is -2.31. The van der Waals surface area contributed by atoms with Crippen molar-refractivity contribution in [3.8, 4) is 0 Å². The van der Waals surface area contributed by atoms with E-state index in [9.17, 15) is 22.3 Å². The van der Waals surface area contributed by atoms with Gasteiger partial charge >= 0.3 is 5.25 Å². The molecule has 0 saturated heterocycles. The Kier molecular flexibility index (Phi) is 4.11. The van der Waals surface area contributed by atoms with E-state index in [0.29, 0.717) is 10.8 Å². The third-order valence-corrected chi connectivity index (χ3v) is 5.68. The molecule has 6 heteroatoms. The van der Waals surface area contributed by atoms with Crippen LogP contribution in [0, 0.1) is 0 Å². The van der Waals surface area contributed by atoms with Crippen LogP contribution in [-0.4, -0.2) is 18.8 Å². The molecule has 0 heterocycles. The average Bonchev–Trinajstić information content (AvgIpc) is 2.61. The number of aliphatic hydroxyl groups excluding tert-OH is 1. The number of rotatable bonds is 4. The minimum absolute atomic E-state index is 0.127. The van der Waals surface area contributed by atoms with Gasteiger partial charge in [-0.15, -0.1) is 0 Å². The highest BCUT2D eigenvalue weighted by Crippen LogP contribution is 2.41. The molecule has 0 aromatic heterocycles. The second-order valence-electron chi connectivity index (χ2n) is 5.35. The van der Waals surface area contributed by atoms with Crippen LogP contribution in [-0.2, 0) is 9.84 Å². The minimum atomic E-state index is -5.04. The number of hydrogen-bond donors (Lipinski definition) is 1. The van der Waals surface area contributed by atoms with Gasteiger partial charge in [-0.05, 0) is 28.5 Å². The van der Waals surface area contributed by atoms with Gasteiger partial charge in [0.05, 0.1) is 4.90 Å². The van der Waals surface area contributed by atoms with Crippen LogP contribution in [0.15, 0.2) is 77.7 Å². The number of hydrogen-bond acceptors (Lipinski definition) is 3. The highest BCUT2D eigenvalue weighted by atomic mass is 32.2. The van der Waals surface area contributed by atoms with Gasteiger partial charge in [-0.1, -0.05) is 60.7 Å². The van der Waals surface area contributed by atoms with E-state index in [0.717, 1.165) is 12.1 Å². The summed E-state index contributed by atoms with van der Waals surface area (Å²) in [6.07, 6.45) is -2.48. The topological polar surface area (TPSA) is 54.4 Å². The first-order chi connectivity index (χ1) is 11.4. The molecule has 3 aromatic rings. The fourth-order valence-corrected chi connectivity index (χ4v) is 3.82. The van der Waals surface area contributed by atoms with Crippen molar-refractivity contribution >= 4 is 20.6 Å². The molecule has 1 unspecified atom stereocenters. The van der Waals surface area contributed by atoms with E-state index in [1.165, 1.54) is 30.3 Å². The first-order valence-corrected chi connectivity index (χ1v) is 8.67. The van der Waals surface area contributed by atoms with Crippen molar-refractivity contribution in [1.82, 2.24) is 0 Å². The lowest BCUT2D eigenvalue weighted by Crippen LogP contribution is -2.36. The molecule has 1 atom stereocenters. The summed E-state index contributed by atoms with van der Waals surface area (Å²) >= 11 is 0. The molecule has 1 N–H and O–H groups in total. The highest BCUT2D eigenvalue weighted by Gasteiger charge is 2.53. The Morgan fingerprint density at radius 2 is 1.42 bits per heavy atom. The maximum absolute atomic E-state index is 14.7. The quantitative estimate of drug-likeness (QED) is 0.777. The maximum Gasteiger partial charge on any atom is 0.379 e. The summed E-state index contributed by atoms with van der Waals surface area (Å²) < 4.78 is 53.9. The summed E-state index contributed by atoms with van der Waals surface area (Å²) in [5, 5.41) is 6.88. The molecular weight excluding hydrogens is 334 g/mol. The Morgan fingerprint density at radius 1 is 0.833 bits per heavy atom. The van der Waals surface area contributed by atoms with Crippen LogP contribution < -0.4 is 0 Å². The molecule has 124 valence electrons. The zero-order valence-corrected chi connectivity index (χ0v) is 13.2. The van der Waals surface area contributed by atoms with E-state index in [1.54, 1.807) is 30.3 Å². The lowest BCUT2D eigenvalue weighted by atomic mass is 10.0. The summed E-state index contributed by atoms with van der Waals surface area (Å²) in [7, 11) is -5.04. The van der Waals surface area contributed by atoms with Crippen molar-refractivity contribution in [2.24, 2.45) is 0 Å². The number of aliphatic hydroxyl groups is 1. The van der Waals surface area contributed by atoms with Crippen LogP contribution in [0.25, 0.3) is 10.8 Å². The van der Waals surface area contributed by atoms with Crippen LogP contribution in [0.2, 0.25) is 0 Å². The van der Waals surface area contributed by atoms with Crippen LogP contribution >= 0.6 is 0 Å². The summed E-state index contributed by atoms with van der Waals surface area (Å²) in [5.41, 5.74) is -0.127. The van der Waals surface area contributed by atoms with Gasteiger partial charge in [-0.2, -0.15) is 8.78 Å². The van der Waals surface area contributed by atoms with E-state index in [-0.39, 0.29) is 5.56 Å². The zero-order chi connectivity index (χ0) is 17.4. The monoisotopic (exact) mass is 348 g/mol. The fourth-order valence-electron chi connectivity index (χ4n) is 2.57. The second kappa shape index (κ2) is 5.96. The van der Waals surface area contributed by atoms with Gasteiger partial charge in [0.15, 0.2) is 6.10 Å². The number of fused-ring (bicyclic) bond motifs is 1. The molecule has 0 fully saturated rings. The lowest BCUT2D eigenvalue weighted by molar-refractivity contribution is -0.0427. The highest BCUT2D eigenvalue weighted by molar-refractivity contribution is 7.92. The summed E-state index contributed by atoms with van der Waals surface area (Å²) in [6, 6.07) is 17.6. The van der Waals surface area contributed by atoms with Crippen molar-refractivity contribution in [2.75, 3.05) is 0 Å². The van der Waals surface area contributed by atoms with Crippen LogP contribution in [0.3, 0.4) is 0 Å². The number of alkyl halides is 2. The molecular formula is C18H14F2O3S. The standard InChI is InChI=1S/C18H14F2O3S/c19-18(20,24(22,23)14-9-2-1-3-10-14)17(21)16-12-6-8-13-7-4-5-11-15(13)16/h1-12,17,21H. The van der Waals surface area contributed by atoms with Crippen molar-refractivity contribution in [3.63, 3.8) is 0 Å². The van der Waals surface area contributed by atoms with Gasteiger partial charge in [0, 0.05) is 0 Å². The number of sulfone groups is 1. The summed E-state index contributed by atoms with van der Waals surface area (Å²) in [6.45, 7) is 0. The van der Waals surface area contributed by atoms with Gasteiger partial charge in [0.2, 0.25) is 9.84 Å². The Labute approximate surface area is 138 Å². The van der Waals surface area contributed by atoms with Crippen LogP contribution in [0.5, 0.6) is 0 Å². The second-order valence-corrected chi connectivity index (χ2v) is 7.37. The molecule has 0 aliphatic carbocycles. The van der Waals surface area contributed by atoms with E-state index in [1.807, 2.05) is 0 Å². The smallest absolute Gasteiger partial charge is 0.379 e. The van der Waals surface area contributed by atoms with Crippen molar-refractivity contribution in [2.45, 2.75) is 16.3 Å². The Balaban J connectivity index is 2.12. The van der Waals surface area contributed by atoms with E-state index in [4.69, 9.17) is 0 Å². The Morgan fingerprint density at radius 3 is 2.12 bits per heavy atom. The third-order valence-electron chi connectivity index (χ3n) is 3.85. The summed E-state index contributed by atoms with van der Waals surface area (Å²) in [5.74, 6) is 0. The van der Waals surface area contributed by atoms with Crippen molar-refractivity contribution < 1.29 is 22.3 Å². The molecule has 0 aliphatic rings. The molecule has 0 saturated carbocycles. The molecule has 3 rings (SSSR count). The van der Waals surface area contributed by atoms with E-state index >= 15 is 0 Å². The minimum Gasteiger partial charge on any atom is -0.381 e. The van der Waals surface area contributed by atoms with Gasteiger partial charge in [-0.25, -0.2) is 8.42 Å². The molecule has 24 heavy (non-hydrogen) atoms. The van der Waals surface area contributed by atoms with Gasteiger partial charge < -0.3 is 5.11 Å². The van der Waals surface area contributed by atoms with E-state index < -0.39 is 26.1 Å². The first kappa shape index (κ1) is 16.5. The molecule has 0 bridgehead atoms. The third kappa shape index (κ3) is 2.57. The average molecular weight is 348 g/mol. The SMILES string of the molecule is O=S(=O)(c1ccccc1)C(F)(F)C(O)c1cccc2ccccc12. The summed E-state index contributed by atoms with van der Waals surface area (Å²) in [4.78, 5) is -0.533. The number of halogens is 2. The van der Waals surface area contributed by atoms with Crippen molar-refractivity contribution in [1.29, 1.82) is 0 Å². The number of benzene rings is 3. The molecule has 0 amide bonds. The largest absolute Gasteiger partial charge is 0.381 e. The van der Waals surface area contributed by atoms with Crippen LogP contribution in [0.1, 0.15) is 11.7 Å². The predicted octanol–water partition coefficient (Wildman–Crippen LogP) is 3.94. The maximum atomic E-state index is 14.7. The van der Waals surface area contributed by atoms with Gasteiger partial charge in [0.25, 0.3) is 0 Å². The van der Waals surface area contributed by atoms with E-state index in [2.05, 4.69) is 0 Å². The lowest BCUT2D eigenvalue weighted by Gasteiger charge is -2.24. The Bertz CT molecular complexity index is 964. The zero-order valence-electron chi connectivity index (χ0n) is 12.4. The molecule has 0 aliphatic heterocycles. The molecule has 0 spiro atoms. The van der Waals surface area contributed by atoms with Gasteiger partial charge in [-0.3, -0.25) is 0 Å². The fraction of sp³-hybridized carbons (Fsp3) is 0.111. The normalized spacial score (nSPS) is 13.8. The van der Waals surface area contributed by atoms with Crippen molar-refractivity contribution in [3.05, 3.63) is 78.4 Å². The van der Waals surface area contributed by atoms with Gasteiger partial charge in [0.1, 0.15) is 0 Å². The molecule has 3 nitrogen and oxygen atoms in total. The van der Waals surface area contributed by atoms with Crippen LogP contribution in [0.4, 0.5) is 8.78 Å².